The fourth-order valence-electron chi connectivity index (χ4n) is 5.68. The van der Waals surface area contributed by atoms with E-state index in [1.807, 2.05) is 12.1 Å². The van der Waals surface area contributed by atoms with Gasteiger partial charge in [-0.15, -0.1) is 0 Å². The van der Waals surface area contributed by atoms with Crippen LogP contribution in [-0.4, -0.2) is 55.1 Å². The van der Waals surface area contributed by atoms with Crippen LogP contribution < -0.4 is 21.1 Å². The van der Waals surface area contributed by atoms with E-state index < -0.39 is 40.8 Å². The van der Waals surface area contributed by atoms with Crippen LogP contribution in [0.25, 0.3) is 10.9 Å². The zero-order valence-electron chi connectivity index (χ0n) is 26.4. The highest BCUT2D eigenvalue weighted by Gasteiger charge is 2.36. The van der Waals surface area contributed by atoms with Gasteiger partial charge in [0, 0.05) is 31.4 Å². The lowest BCUT2D eigenvalue weighted by Crippen LogP contribution is -2.46. The van der Waals surface area contributed by atoms with Crippen molar-refractivity contribution in [3.8, 4) is 17.9 Å². The number of amides is 3. The van der Waals surface area contributed by atoms with Gasteiger partial charge >= 0.3 is 6.18 Å². The van der Waals surface area contributed by atoms with Gasteiger partial charge in [0.05, 0.1) is 46.0 Å². The second-order valence-electron chi connectivity index (χ2n) is 12.3. The number of imide groups is 1. The third kappa shape index (κ3) is 6.32. The molecule has 4 aromatic rings. The molecule has 2 saturated heterocycles. The number of hydrogen-bond acceptors (Lipinski definition) is 9. The number of benzene rings is 1. The molecule has 5 heterocycles. The van der Waals surface area contributed by atoms with Crippen molar-refractivity contribution in [1.29, 1.82) is 5.26 Å². The van der Waals surface area contributed by atoms with Gasteiger partial charge in [-0.3, -0.25) is 33.7 Å². The minimum Gasteiger partial charge on any atom is -0.369 e. The number of carbonyl (C=O) groups excluding carboxylic acids is 3. The van der Waals surface area contributed by atoms with E-state index in [1.165, 1.54) is 21.5 Å². The van der Waals surface area contributed by atoms with Crippen LogP contribution in [0.4, 0.5) is 24.5 Å². The van der Waals surface area contributed by atoms with E-state index in [0.29, 0.717) is 41.4 Å². The molecule has 2 aliphatic heterocycles. The van der Waals surface area contributed by atoms with E-state index in [2.05, 4.69) is 42.4 Å². The highest BCUT2D eigenvalue weighted by atomic mass is 19.4. The van der Waals surface area contributed by atoms with Crippen molar-refractivity contribution in [1.82, 2.24) is 29.6 Å². The van der Waals surface area contributed by atoms with Crippen LogP contribution in [0.15, 0.2) is 47.7 Å². The number of pyridine rings is 1. The van der Waals surface area contributed by atoms with Crippen LogP contribution in [0, 0.1) is 36.0 Å². The number of aromatic nitrogens is 5. The number of nitrogens with one attached hydrogen (secondary N) is 2. The van der Waals surface area contributed by atoms with Gasteiger partial charge < -0.3 is 10.2 Å². The molecule has 2 fully saturated rings. The molecule has 0 spiro atoms. The van der Waals surface area contributed by atoms with Crippen molar-refractivity contribution >= 4 is 40.0 Å². The molecule has 0 bridgehead atoms. The molecule has 16 heteroatoms. The maximum Gasteiger partial charge on any atom is 0.419 e. The largest absolute Gasteiger partial charge is 0.419 e. The van der Waals surface area contributed by atoms with Crippen molar-refractivity contribution in [3.05, 3.63) is 75.9 Å². The van der Waals surface area contributed by atoms with Crippen LogP contribution in [-0.2, 0) is 26.1 Å². The number of aryl methyl sites for hydroxylation is 1. The minimum atomic E-state index is -4.82. The van der Waals surface area contributed by atoms with E-state index >= 15 is 0 Å². The molecule has 1 aromatic carbocycles. The number of fused-ring (bicyclic) bond motifs is 1. The van der Waals surface area contributed by atoms with Crippen molar-refractivity contribution < 1.29 is 27.6 Å². The van der Waals surface area contributed by atoms with Gasteiger partial charge in [0.15, 0.2) is 5.69 Å². The number of hydrogen-bond donors (Lipinski definition) is 2. The molecular formula is C33H28F3N9O4. The number of rotatable bonds is 5. The number of nitrogens with zero attached hydrogens (tertiary/aromatic N) is 7. The quantitative estimate of drug-likeness (QED) is 0.239. The summed E-state index contributed by atoms with van der Waals surface area (Å²) in [7, 11) is 0. The summed E-state index contributed by atoms with van der Waals surface area (Å²) in [5.74, 6) is 5.11. The van der Waals surface area contributed by atoms with Crippen LogP contribution in [0.2, 0.25) is 0 Å². The SMILES string of the molecule is Cc1nc2cc(N3CC(C#Cc4cnn(C(C)(C)C(=O)Nc5cnc(C#N)c(C(F)(F)F)c5)c4)C3)ccc2c(=O)n1C1CCC(=O)NC1=O. The molecule has 3 amide bonds. The Hall–Kier alpha value is -6.03. The summed E-state index contributed by atoms with van der Waals surface area (Å²) in [5, 5.41) is 18.3. The smallest absolute Gasteiger partial charge is 0.369 e. The van der Waals surface area contributed by atoms with Crippen LogP contribution >= 0.6 is 0 Å². The third-order valence-corrected chi connectivity index (χ3v) is 8.52. The summed E-state index contributed by atoms with van der Waals surface area (Å²) < 4.78 is 42.7. The summed E-state index contributed by atoms with van der Waals surface area (Å²) in [6, 6.07) is 6.58. The van der Waals surface area contributed by atoms with Gasteiger partial charge in [0.2, 0.25) is 11.8 Å². The van der Waals surface area contributed by atoms with Crippen LogP contribution in [0.5, 0.6) is 0 Å². The molecule has 13 nitrogen and oxygen atoms in total. The number of alkyl halides is 3. The fourth-order valence-corrected chi connectivity index (χ4v) is 5.68. The maximum absolute atomic E-state index is 13.3. The summed E-state index contributed by atoms with van der Waals surface area (Å²) in [4.78, 5) is 60.5. The predicted molar refractivity (Wildman–Crippen MR) is 169 cm³/mol. The Morgan fingerprint density at radius 1 is 1.12 bits per heavy atom. The Kier molecular flexibility index (Phi) is 8.19. The normalized spacial score (nSPS) is 16.8. The Bertz CT molecular complexity index is 2200. The average molecular weight is 672 g/mol. The molecule has 0 radical (unpaired) electrons. The first-order valence-corrected chi connectivity index (χ1v) is 15.1. The second-order valence-corrected chi connectivity index (χ2v) is 12.3. The fraction of sp³-hybridized carbons (Fsp3) is 0.333. The zero-order valence-corrected chi connectivity index (χ0v) is 26.4. The highest BCUT2D eigenvalue weighted by molar-refractivity contribution is 5.99. The second kappa shape index (κ2) is 12.2. The molecule has 3 aromatic heterocycles. The summed E-state index contributed by atoms with van der Waals surface area (Å²) in [6.45, 7) is 5.98. The summed E-state index contributed by atoms with van der Waals surface area (Å²) >= 11 is 0. The number of anilines is 2. The molecular weight excluding hydrogens is 643 g/mol. The highest BCUT2D eigenvalue weighted by Crippen LogP contribution is 2.33. The monoisotopic (exact) mass is 671 g/mol. The number of carbonyl (C=O) groups is 3. The molecule has 2 N–H and O–H groups in total. The van der Waals surface area contributed by atoms with Gasteiger partial charge in [0.25, 0.3) is 11.5 Å². The summed E-state index contributed by atoms with van der Waals surface area (Å²) in [5.41, 5.74) is -2.03. The summed E-state index contributed by atoms with van der Waals surface area (Å²) in [6.07, 6.45) is -0.401. The topological polar surface area (TPSA) is 168 Å². The predicted octanol–water partition coefficient (Wildman–Crippen LogP) is 3.03. The Labute approximate surface area is 276 Å². The molecule has 250 valence electrons. The first-order valence-electron chi connectivity index (χ1n) is 15.1. The Balaban J connectivity index is 1.10. The Morgan fingerprint density at radius 3 is 2.57 bits per heavy atom. The lowest BCUT2D eigenvalue weighted by atomic mass is 9.99. The number of piperidine rings is 1. The van der Waals surface area contributed by atoms with Crippen molar-refractivity contribution in [2.24, 2.45) is 5.92 Å². The van der Waals surface area contributed by atoms with Crippen LogP contribution in [0.1, 0.15) is 55.4 Å². The van der Waals surface area contributed by atoms with E-state index in [0.717, 1.165) is 11.9 Å². The Morgan fingerprint density at radius 2 is 1.88 bits per heavy atom. The van der Waals surface area contributed by atoms with Gasteiger partial charge in [-0.2, -0.15) is 23.5 Å². The average Bonchev–Trinajstić information content (AvgIpc) is 3.50. The molecule has 0 aliphatic carbocycles. The lowest BCUT2D eigenvalue weighted by molar-refractivity contribution is -0.138. The number of halogens is 3. The molecule has 6 rings (SSSR count). The van der Waals surface area contributed by atoms with Crippen molar-refractivity contribution in [2.75, 3.05) is 23.3 Å². The van der Waals surface area contributed by atoms with Gasteiger partial charge in [-0.1, -0.05) is 11.8 Å². The molecule has 1 unspecified atom stereocenters. The van der Waals surface area contributed by atoms with E-state index in [4.69, 9.17) is 5.26 Å². The maximum atomic E-state index is 13.3. The van der Waals surface area contributed by atoms with Gasteiger partial charge in [-0.05, 0) is 51.5 Å². The first kappa shape index (κ1) is 32.9. The van der Waals surface area contributed by atoms with E-state index in [9.17, 15) is 32.3 Å². The molecule has 49 heavy (non-hydrogen) atoms. The molecule has 0 saturated carbocycles. The van der Waals surface area contributed by atoms with Gasteiger partial charge in [0.1, 0.15) is 23.5 Å². The van der Waals surface area contributed by atoms with Crippen molar-refractivity contribution in [2.45, 2.75) is 51.4 Å². The standard InChI is InChI=1S/C33H28F3N9O4/c1-18-40-25-11-22(6-7-23(25)30(48)45(18)27-8-9-28(46)42-29(27)47)43-15-20(16-43)5-4-19-13-39-44(17-19)32(2,3)31(49)41-21-10-24(33(34,35)36)26(12-37)38-14-21/h6-7,10-11,13-14,17,20,27H,8-9,15-16H2,1-3H3,(H,41,49)(H,42,46,47). The minimum absolute atomic E-state index is 0.0253. The number of nitriles is 1. The zero-order chi connectivity index (χ0) is 35.2. The lowest BCUT2D eigenvalue weighted by Gasteiger charge is -2.38. The first-order chi connectivity index (χ1) is 23.1. The van der Waals surface area contributed by atoms with E-state index in [1.54, 1.807) is 33.0 Å². The molecule has 2 aliphatic rings. The van der Waals surface area contributed by atoms with Crippen LogP contribution in [0.3, 0.4) is 0 Å². The third-order valence-electron chi connectivity index (χ3n) is 8.52. The van der Waals surface area contributed by atoms with E-state index in [-0.39, 0.29) is 35.9 Å². The van der Waals surface area contributed by atoms with Crippen molar-refractivity contribution in [3.63, 3.8) is 0 Å². The van der Waals surface area contributed by atoms with Gasteiger partial charge in [-0.25, -0.2) is 9.97 Å². The molecule has 1 atom stereocenters.